The maximum atomic E-state index is 11.7. The van der Waals surface area contributed by atoms with Crippen molar-refractivity contribution < 1.29 is 19.4 Å². The number of hydrogen-bond donors (Lipinski definition) is 2. The van der Waals surface area contributed by atoms with Crippen LogP contribution < -0.4 is 5.73 Å². The van der Waals surface area contributed by atoms with Crippen molar-refractivity contribution in [3.05, 3.63) is 0 Å². The Morgan fingerprint density at radius 1 is 1.67 bits per heavy atom. The lowest BCUT2D eigenvalue weighted by Gasteiger charge is -2.34. The van der Waals surface area contributed by atoms with E-state index in [1.165, 1.54) is 4.90 Å². The molecule has 0 aliphatic carbocycles. The molecule has 3 N–H and O–H groups in total. The Labute approximate surface area is 88.0 Å². The number of carboxylic acids is 1. The van der Waals surface area contributed by atoms with Gasteiger partial charge in [0.05, 0.1) is 19.3 Å². The van der Waals surface area contributed by atoms with Gasteiger partial charge in [0.25, 0.3) is 0 Å². The molecule has 1 aliphatic heterocycles. The number of carboxylic acid groups (broad SMARTS) is 1. The monoisotopic (exact) mass is 216 g/mol. The first-order valence-corrected chi connectivity index (χ1v) is 4.94. The summed E-state index contributed by atoms with van der Waals surface area (Å²) in [5, 5.41) is 8.90. The van der Waals surface area contributed by atoms with Gasteiger partial charge >= 0.3 is 5.97 Å². The van der Waals surface area contributed by atoms with E-state index in [4.69, 9.17) is 15.6 Å². The van der Waals surface area contributed by atoms with E-state index in [2.05, 4.69) is 0 Å². The third-order valence-corrected chi connectivity index (χ3v) is 2.45. The lowest BCUT2D eigenvalue weighted by molar-refractivity contribution is -0.158. The zero-order valence-corrected chi connectivity index (χ0v) is 8.68. The molecule has 6 heteroatoms. The van der Waals surface area contributed by atoms with Gasteiger partial charge in [-0.25, -0.2) is 4.79 Å². The summed E-state index contributed by atoms with van der Waals surface area (Å²) in [4.78, 5) is 23.9. The van der Waals surface area contributed by atoms with Crippen LogP contribution in [-0.4, -0.2) is 53.7 Å². The van der Waals surface area contributed by atoms with Crippen molar-refractivity contribution in [1.29, 1.82) is 0 Å². The van der Waals surface area contributed by atoms with Crippen LogP contribution in [0, 0.1) is 0 Å². The van der Waals surface area contributed by atoms with Crippen LogP contribution in [0.2, 0.25) is 0 Å². The minimum Gasteiger partial charge on any atom is -0.480 e. The van der Waals surface area contributed by atoms with Gasteiger partial charge in [-0.3, -0.25) is 4.79 Å². The van der Waals surface area contributed by atoms with E-state index in [0.29, 0.717) is 19.6 Å². The van der Waals surface area contributed by atoms with Crippen molar-refractivity contribution in [3.63, 3.8) is 0 Å². The fourth-order valence-electron chi connectivity index (χ4n) is 1.46. The lowest BCUT2D eigenvalue weighted by Crippen LogP contribution is -2.56. The molecule has 0 saturated carbocycles. The number of ether oxygens (including phenoxy) is 1. The van der Waals surface area contributed by atoms with Gasteiger partial charge in [-0.05, 0) is 6.42 Å². The standard InChI is InChI=1S/C9H16N2O4/c1-2-6(10)8(12)11-3-4-15-5-7(11)9(13)14/h6-7H,2-5,10H2,1H3,(H,13,14). The van der Waals surface area contributed by atoms with Crippen molar-refractivity contribution in [2.45, 2.75) is 25.4 Å². The van der Waals surface area contributed by atoms with E-state index >= 15 is 0 Å². The number of nitrogens with two attached hydrogens (primary N) is 1. The molecule has 0 aromatic heterocycles. The van der Waals surface area contributed by atoms with Gasteiger partial charge in [-0.1, -0.05) is 6.92 Å². The Kier molecular flexibility index (Phi) is 4.05. The Bertz CT molecular complexity index is 256. The minimum absolute atomic E-state index is 0.0392. The third kappa shape index (κ3) is 2.66. The summed E-state index contributed by atoms with van der Waals surface area (Å²) in [6, 6.07) is -1.52. The number of morpholine rings is 1. The number of aliphatic carboxylic acids is 1. The summed E-state index contributed by atoms with van der Waals surface area (Å²) in [7, 11) is 0. The number of amides is 1. The smallest absolute Gasteiger partial charge is 0.328 e. The summed E-state index contributed by atoms with van der Waals surface area (Å²) in [6.45, 7) is 2.49. The molecule has 1 amide bonds. The lowest BCUT2D eigenvalue weighted by atomic mass is 10.1. The SMILES string of the molecule is CCC(N)C(=O)N1CCOCC1C(=O)O. The molecule has 1 fully saturated rings. The highest BCUT2D eigenvalue weighted by atomic mass is 16.5. The zero-order valence-electron chi connectivity index (χ0n) is 8.68. The molecule has 2 atom stereocenters. The minimum atomic E-state index is -1.05. The molecule has 0 radical (unpaired) electrons. The van der Waals surface area contributed by atoms with Crippen LogP contribution in [0.1, 0.15) is 13.3 Å². The Morgan fingerprint density at radius 2 is 2.33 bits per heavy atom. The van der Waals surface area contributed by atoms with E-state index < -0.39 is 18.1 Å². The zero-order chi connectivity index (χ0) is 11.4. The Hall–Kier alpha value is -1.14. The predicted octanol–water partition coefficient (Wildman–Crippen LogP) is -0.964. The summed E-state index contributed by atoms with van der Waals surface area (Å²) < 4.78 is 5.02. The molecule has 0 bridgehead atoms. The quantitative estimate of drug-likeness (QED) is 0.633. The Balaban J connectivity index is 2.71. The molecular weight excluding hydrogens is 200 g/mol. The molecule has 1 rings (SSSR count). The third-order valence-electron chi connectivity index (χ3n) is 2.45. The number of nitrogens with zero attached hydrogens (tertiary/aromatic N) is 1. The van der Waals surface area contributed by atoms with E-state index in [-0.39, 0.29) is 12.5 Å². The maximum Gasteiger partial charge on any atom is 0.328 e. The van der Waals surface area contributed by atoms with Crippen molar-refractivity contribution in [1.82, 2.24) is 4.90 Å². The number of hydrogen-bond acceptors (Lipinski definition) is 4. The highest BCUT2D eigenvalue weighted by Crippen LogP contribution is 2.09. The largest absolute Gasteiger partial charge is 0.480 e. The fourth-order valence-corrected chi connectivity index (χ4v) is 1.46. The average Bonchev–Trinajstić information content (AvgIpc) is 2.27. The summed E-state index contributed by atoms with van der Waals surface area (Å²) >= 11 is 0. The average molecular weight is 216 g/mol. The van der Waals surface area contributed by atoms with Crippen LogP contribution in [0.5, 0.6) is 0 Å². The molecule has 1 saturated heterocycles. The molecular formula is C9H16N2O4. The highest BCUT2D eigenvalue weighted by Gasteiger charge is 2.34. The van der Waals surface area contributed by atoms with Gasteiger partial charge in [0.1, 0.15) is 0 Å². The van der Waals surface area contributed by atoms with Crippen LogP contribution in [0.3, 0.4) is 0 Å². The normalized spacial score (nSPS) is 23.6. The van der Waals surface area contributed by atoms with Gasteiger partial charge in [-0.2, -0.15) is 0 Å². The topological polar surface area (TPSA) is 92.9 Å². The second kappa shape index (κ2) is 5.09. The first-order chi connectivity index (χ1) is 7.07. The predicted molar refractivity (Wildman–Crippen MR) is 52.2 cm³/mol. The van der Waals surface area contributed by atoms with E-state index in [1.807, 2.05) is 0 Å². The van der Waals surface area contributed by atoms with Crippen LogP contribution in [0.15, 0.2) is 0 Å². The van der Waals surface area contributed by atoms with Crippen molar-refractivity contribution in [3.8, 4) is 0 Å². The summed E-state index contributed by atoms with van der Waals surface area (Å²) in [6.07, 6.45) is 0.503. The first-order valence-electron chi connectivity index (χ1n) is 4.94. The Morgan fingerprint density at radius 3 is 2.87 bits per heavy atom. The van der Waals surface area contributed by atoms with Crippen LogP contribution in [0.25, 0.3) is 0 Å². The second-order valence-corrected chi connectivity index (χ2v) is 3.48. The van der Waals surface area contributed by atoms with E-state index in [0.717, 1.165) is 0 Å². The van der Waals surface area contributed by atoms with Crippen molar-refractivity contribution in [2.75, 3.05) is 19.8 Å². The first kappa shape index (κ1) is 11.9. The molecule has 1 aliphatic rings. The molecule has 15 heavy (non-hydrogen) atoms. The van der Waals surface area contributed by atoms with Gasteiger partial charge in [0.15, 0.2) is 6.04 Å². The number of carbonyl (C=O) groups excluding carboxylic acids is 1. The summed E-state index contributed by atoms with van der Waals surface area (Å²) in [5.41, 5.74) is 5.58. The van der Waals surface area contributed by atoms with Crippen LogP contribution >= 0.6 is 0 Å². The summed E-state index contributed by atoms with van der Waals surface area (Å²) in [5.74, 6) is -1.36. The van der Waals surface area contributed by atoms with Gasteiger partial charge in [0, 0.05) is 6.54 Å². The van der Waals surface area contributed by atoms with E-state index in [1.54, 1.807) is 6.92 Å². The molecule has 1 heterocycles. The second-order valence-electron chi connectivity index (χ2n) is 3.48. The molecule has 0 aromatic carbocycles. The molecule has 86 valence electrons. The molecule has 0 spiro atoms. The van der Waals surface area contributed by atoms with Crippen molar-refractivity contribution >= 4 is 11.9 Å². The highest BCUT2D eigenvalue weighted by molar-refractivity contribution is 5.87. The molecule has 0 aromatic rings. The van der Waals surface area contributed by atoms with Crippen LogP contribution in [0.4, 0.5) is 0 Å². The van der Waals surface area contributed by atoms with Crippen LogP contribution in [-0.2, 0) is 14.3 Å². The van der Waals surface area contributed by atoms with Crippen molar-refractivity contribution in [2.24, 2.45) is 5.73 Å². The van der Waals surface area contributed by atoms with Gasteiger partial charge in [0.2, 0.25) is 5.91 Å². The molecule has 2 unspecified atom stereocenters. The number of rotatable bonds is 3. The van der Waals surface area contributed by atoms with E-state index in [9.17, 15) is 9.59 Å². The molecule has 6 nitrogen and oxygen atoms in total. The van der Waals surface area contributed by atoms with Gasteiger partial charge in [-0.15, -0.1) is 0 Å². The van der Waals surface area contributed by atoms with Gasteiger partial charge < -0.3 is 20.5 Å². The fraction of sp³-hybridized carbons (Fsp3) is 0.778. The number of carbonyl (C=O) groups is 2. The maximum absolute atomic E-state index is 11.7.